The minimum atomic E-state index is -2.59. The first-order chi connectivity index (χ1) is 2.64. The quantitative estimate of drug-likeness (QED) is 0.461. The van der Waals surface area contributed by atoms with Gasteiger partial charge in [0, 0.05) is 0 Å². The largest absolute Gasteiger partial charge is 0.358 e. The van der Waals surface area contributed by atoms with Gasteiger partial charge in [-0.25, -0.2) is 4.39 Å². The average molecular weight is 117 g/mol. The first-order valence-electron chi connectivity index (χ1n) is 1.10. The highest BCUT2D eigenvalue weighted by atomic mass is 35.5. The van der Waals surface area contributed by atoms with Crippen LogP contribution in [0.5, 0.6) is 0 Å². The zero-order valence-electron chi connectivity index (χ0n) is 2.59. The molecule has 0 heterocycles. The van der Waals surface area contributed by atoms with Crippen LogP contribution in [0.25, 0.3) is 0 Å². The van der Waals surface area contributed by atoms with E-state index in [1.807, 2.05) is 0 Å². The minimum absolute atomic E-state index is 2.39. The zero-order chi connectivity index (χ0) is 5.15. The van der Waals surface area contributed by atoms with Gasteiger partial charge in [0.25, 0.3) is 0 Å². The molecule has 0 aliphatic heterocycles. The molecule has 0 aromatic heterocycles. The molecule has 0 aromatic carbocycles. The maximum atomic E-state index is 10.8. The lowest BCUT2D eigenvalue weighted by atomic mass is 10.8. The summed E-state index contributed by atoms with van der Waals surface area (Å²) < 4.78 is 31.9. The number of hydrogen-bond acceptors (Lipinski definition) is 0. The molecule has 0 aromatic rings. The lowest BCUT2D eigenvalue weighted by Crippen LogP contribution is -1.91. The van der Waals surface area contributed by atoms with Gasteiger partial charge in [-0.05, 0) is 0 Å². The second kappa shape index (κ2) is 2.29. The number of halogens is 4. The van der Waals surface area contributed by atoms with Crippen molar-refractivity contribution in [2.45, 2.75) is 5.63 Å². The summed E-state index contributed by atoms with van der Waals surface area (Å²) in [6.45, 7) is 0. The van der Waals surface area contributed by atoms with Gasteiger partial charge in [0.1, 0.15) is 0 Å². The Balaban J connectivity index is 2.99. The molecule has 0 fully saturated rings. The number of rotatable bonds is 1. The van der Waals surface area contributed by atoms with Crippen molar-refractivity contribution in [1.82, 2.24) is 0 Å². The summed E-state index contributed by atoms with van der Waals surface area (Å²) >= 11 is 4.16. The minimum Gasteiger partial charge on any atom is -0.223 e. The third-order valence-electron chi connectivity index (χ3n) is 0.165. The molecule has 0 saturated carbocycles. The summed E-state index contributed by atoms with van der Waals surface area (Å²) in [6.07, 6.45) is -2.39. The van der Waals surface area contributed by atoms with E-state index >= 15 is 0 Å². The van der Waals surface area contributed by atoms with Crippen LogP contribution in [0.4, 0.5) is 13.2 Å². The maximum absolute atomic E-state index is 10.8. The molecule has 0 bridgehead atoms. The van der Waals surface area contributed by atoms with E-state index in [1.165, 1.54) is 0 Å². The SMILES string of the molecule is F[C](F)C(F)Cl. The average Bonchev–Trinajstić information content (AvgIpc) is 1.36. The lowest BCUT2D eigenvalue weighted by Gasteiger charge is -1.88. The monoisotopic (exact) mass is 117 g/mol. The molecule has 4 heteroatoms. The van der Waals surface area contributed by atoms with Gasteiger partial charge in [0.2, 0.25) is 5.63 Å². The highest BCUT2D eigenvalue weighted by Crippen LogP contribution is 2.15. The molecule has 0 saturated heterocycles. The molecular formula is C2HClF3. The molecule has 0 spiro atoms. The smallest absolute Gasteiger partial charge is 0.223 e. The van der Waals surface area contributed by atoms with Crippen molar-refractivity contribution in [3.8, 4) is 0 Å². The molecule has 0 rings (SSSR count). The molecule has 0 nitrogen and oxygen atoms in total. The molecular weight excluding hydrogens is 116 g/mol. The van der Waals surface area contributed by atoms with E-state index in [2.05, 4.69) is 11.6 Å². The van der Waals surface area contributed by atoms with Crippen LogP contribution in [-0.4, -0.2) is 5.63 Å². The Morgan fingerprint density at radius 3 is 1.67 bits per heavy atom. The van der Waals surface area contributed by atoms with Gasteiger partial charge in [-0.15, -0.1) is 0 Å². The highest BCUT2D eigenvalue weighted by molar-refractivity contribution is 6.20. The Bertz CT molecular complexity index is 29.8. The van der Waals surface area contributed by atoms with Crippen LogP contribution in [0.3, 0.4) is 0 Å². The molecule has 1 atom stereocenters. The molecule has 6 heavy (non-hydrogen) atoms. The van der Waals surface area contributed by atoms with Crippen molar-refractivity contribution >= 4 is 11.6 Å². The van der Waals surface area contributed by atoms with E-state index in [0.717, 1.165) is 0 Å². The third-order valence-corrected chi connectivity index (χ3v) is 0.330. The van der Waals surface area contributed by atoms with E-state index in [4.69, 9.17) is 0 Å². The molecule has 0 aliphatic carbocycles. The van der Waals surface area contributed by atoms with E-state index in [9.17, 15) is 13.2 Å². The van der Waals surface area contributed by atoms with Crippen molar-refractivity contribution in [1.29, 1.82) is 0 Å². The van der Waals surface area contributed by atoms with Crippen LogP contribution in [0, 0.1) is 6.43 Å². The maximum Gasteiger partial charge on any atom is 0.358 e. The van der Waals surface area contributed by atoms with Crippen molar-refractivity contribution in [3.63, 3.8) is 0 Å². The first-order valence-corrected chi connectivity index (χ1v) is 1.54. The second-order valence-electron chi connectivity index (χ2n) is 0.590. The van der Waals surface area contributed by atoms with Crippen LogP contribution >= 0.6 is 11.6 Å². The highest BCUT2D eigenvalue weighted by Gasteiger charge is 2.16. The van der Waals surface area contributed by atoms with E-state index in [0.29, 0.717) is 0 Å². The Morgan fingerprint density at radius 1 is 1.50 bits per heavy atom. The van der Waals surface area contributed by atoms with E-state index < -0.39 is 12.1 Å². The van der Waals surface area contributed by atoms with Crippen LogP contribution in [0.2, 0.25) is 0 Å². The van der Waals surface area contributed by atoms with Gasteiger partial charge in [0.15, 0.2) is 0 Å². The number of hydrogen-bond donors (Lipinski definition) is 0. The zero-order valence-corrected chi connectivity index (χ0v) is 3.35. The Morgan fingerprint density at radius 2 is 1.67 bits per heavy atom. The molecule has 37 valence electrons. The lowest BCUT2D eigenvalue weighted by molar-refractivity contribution is 0.209. The van der Waals surface area contributed by atoms with Gasteiger partial charge in [-0.1, -0.05) is 11.6 Å². The van der Waals surface area contributed by atoms with E-state index in [1.54, 1.807) is 0 Å². The van der Waals surface area contributed by atoms with Gasteiger partial charge in [-0.2, -0.15) is 8.78 Å². The standard InChI is InChI=1S/C2HClF3/c3-1(4)2(5)6/h1H. The number of alkyl halides is 2. The predicted molar refractivity (Wildman–Crippen MR) is 16.2 cm³/mol. The normalized spacial score (nSPS) is 15.5. The Labute approximate surface area is 37.9 Å². The van der Waals surface area contributed by atoms with Crippen LogP contribution in [-0.2, 0) is 0 Å². The third kappa shape index (κ3) is 2.33. The van der Waals surface area contributed by atoms with Crippen molar-refractivity contribution in [2.75, 3.05) is 0 Å². The summed E-state index contributed by atoms with van der Waals surface area (Å²) in [5, 5.41) is 0. The summed E-state index contributed by atoms with van der Waals surface area (Å²) in [5.41, 5.74) is -2.59. The van der Waals surface area contributed by atoms with Gasteiger partial charge < -0.3 is 0 Å². The van der Waals surface area contributed by atoms with Gasteiger partial charge in [-0.3, -0.25) is 0 Å². The summed E-state index contributed by atoms with van der Waals surface area (Å²) in [4.78, 5) is 0. The Hall–Kier alpha value is 0.0800. The van der Waals surface area contributed by atoms with Gasteiger partial charge in [0.05, 0.1) is 0 Å². The first kappa shape index (κ1) is 6.08. The topological polar surface area (TPSA) is 0 Å². The summed E-state index contributed by atoms with van der Waals surface area (Å²) in [7, 11) is 0. The molecule has 0 amide bonds. The molecule has 1 radical (unpaired) electrons. The van der Waals surface area contributed by atoms with Crippen molar-refractivity contribution in [3.05, 3.63) is 6.43 Å². The van der Waals surface area contributed by atoms with Crippen molar-refractivity contribution in [2.24, 2.45) is 0 Å². The van der Waals surface area contributed by atoms with Crippen LogP contribution in [0.15, 0.2) is 0 Å². The second-order valence-corrected chi connectivity index (χ2v) is 0.974. The summed E-state index contributed by atoms with van der Waals surface area (Å²) in [6, 6.07) is 0. The van der Waals surface area contributed by atoms with Gasteiger partial charge >= 0.3 is 6.43 Å². The van der Waals surface area contributed by atoms with Crippen LogP contribution in [0.1, 0.15) is 0 Å². The fourth-order valence-corrected chi connectivity index (χ4v) is 0. The fraction of sp³-hybridized carbons (Fsp3) is 0.500. The van der Waals surface area contributed by atoms with E-state index in [-0.39, 0.29) is 0 Å². The molecule has 0 aliphatic rings. The van der Waals surface area contributed by atoms with Crippen LogP contribution < -0.4 is 0 Å². The van der Waals surface area contributed by atoms with Crippen molar-refractivity contribution < 1.29 is 13.2 Å². The summed E-state index contributed by atoms with van der Waals surface area (Å²) in [5.74, 6) is 0. The predicted octanol–water partition coefficient (Wildman–Crippen LogP) is 1.95. The fourth-order valence-electron chi connectivity index (χ4n) is 0. The molecule has 1 unspecified atom stereocenters. The molecule has 0 N–H and O–H groups in total. The Kier molecular flexibility index (Phi) is 2.32.